The van der Waals surface area contributed by atoms with Crippen LogP contribution in [-0.2, 0) is 11.0 Å². The van der Waals surface area contributed by atoms with E-state index in [0.29, 0.717) is 24.4 Å². The highest BCUT2D eigenvalue weighted by Crippen LogP contribution is 2.37. The van der Waals surface area contributed by atoms with Gasteiger partial charge in [0.25, 0.3) is 0 Å². The minimum absolute atomic E-state index is 0.0407. The summed E-state index contributed by atoms with van der Waals surface area (Å²) < 4.78 is 49.7. The summed E-state index contributed by atoms with van der Waals surface area (Å²) >= 11 is 5.88. The SMILES string of the molecule is CC(C)(CCO)Oc1ccc(/C=C/C(=O)[O-])c(Oc2ncc(C(F)(F)F)cc2Cl)c1. The van der Waals surface area contributed by atoms with E-state index in [2.05, 4.69) is 4.98 Å². The number of alkyl halides is 3. The first-order chi connectivity index (χ1) is 13.9. The predicted octanol–water partition coefficient (Wildman–Crippen LogP) is 3.85. The van der Waals surface area contributed by atoms with E-state index in [0.717, 1.165) is 6.08 Å². The van der Waals surface area contributed by atoms with Crippen LogP contribution in [-0.4, -0.2) is 28.3 Å². The second-order valence-corrected chi connectivity index (χ2v) is 7.21. The molecule has 0 aliphatic rings. The minimum Gasteiger partial charge on any atom is -0.545 e. The Hall–Kier alpha value is -2.78. The summed E-state index contributed by atoms with van der Waals surface area (Å²) in [5, 5.41) is 19.5. The Labute approximate surface area is 175 Å². The van der Waals surface area contributed by atoms with E-state index < -0.39 is 23.3 Å². The molecular weight excluding hydrogens is 427 g/mol. The number of nitrogens with zero attached hydrogens (tertiary/aromatic N) is 1. The normalized spacial score (nSPS) is 12.2. The molecule has 1 N–H and O–H groups in total. The van der Waals surface area contributed by atoms with E-state index >= 15 is 0 Å². The fourth-order valence-electron chi connectivity index (χ4n) is 2.36. The topological polar surface area (TPSA) is 91.7 Å². The number of aliphatic hydroxyl groups excluding tert-OH is 1. The average Bonchev–Trinajstić information content (AvgIpc) is 2.61. The molecule has 30 heavy (non-hydrogen) atoms. The number of carbonyl (C=O) groups is 1. The zero-order valence-corrected chi connectivity index (χ0v) is 16.8. The number of carboxylic acid groups (broad SMARTS) is 1. The number of ether oxygens (including phenoxy) is 2. The van der Waals surface area contributed by atoms with Crippen molar-refractivity contribution in [1.82, 2.24) is 4.98 Å². The lowest BCUT2D eigenvalue weighted by atomic mass is 10.1. The summed E-state index contributed by atoms with van der Waals surface area (Å²) in [5.74, 6) is -1.40. The molecule has 0 aliphatic heterocycles. The van der Waals surface area contributed by atoms with E-state index in [1.54, 1.807) is 19.9 Å². The van der Waals surface area contributed by atoms with E-state index in [9.17, 15) is 23.1 Å². The molecule has 2 aromatic rings. The van der Waals surface area contributed by atoms with Crippen molar-refractivity contribution in [2.75, 3.05) is 6.61 Å². The van der Waals surface area contributed by atoms with Crippen LogP contribution in [0.3, 0.4) is 0 Å². The van der Waals surface area contributed by atoms with E-state index in [-0.39, 0.29) is 28.8 Å². The molecular formula is C20H18ClF3NO5-. The van der Waals surface area contributed by atoms with Gasteiger partial charge in [-0.1, -0.05) is 11.6 Å². The van der Waals surface area contributed by atoms with Crippen LogP contribution in [0, 0.1) is 0 Å². The van der Waals surface area contributed by atoms with Crippen LogP contribution in [0.1, 0.15) is 31.4 Å². The summed E-state index contributed by atoms with van der Waals surface area (Å²) in [6.45, 7) is 3.40. The van der Waals surface area contributed by atoms with Gasteiger partial charge in [0.1, 0.15) is 22.1 Å². The molecule has 1 heterocycles. The summed E-state index contributed by atoms with van der Waals surface area (Å²) in [7, 11) is 0. The van der Waals surface area contributed by atoms with Gasteiger partial charge in [-0.15, -0.1) is 0 Å². The number of hydrogen-bond donors (Lipinski definition) is 1. The third-order valence-electron chi connectivity index (χ3n) is 3.83. The summed E-state index contributed by atoms with van der Waals surface area (Å²) in [6.07, 6.45) is -1.76. The maximum absolute atomic E-state index is 12.8. The lowest BCUT2D eigenvalue weighted by Crippen LogP contribution is -2.29. The number of carbonyl (C=O) groups excluding carboxylic acids is 1. The molecule has 10 heteroatoms. The van der Waals surface area contributed by atoms with E-state index in [1.807, 2.05) is 0 Å². The second-order valence-electron chi connectivity index (χ2n) is 6.80. The van der Waals surface area contributed by atoms with Crippen molar-refractivity contribution in [3.8, 4) is 17.4 Å². The Morgan fingerprint density at radius 2 is 2.00 bits per heavy atom. The number of aliphatic hydroxyl groups is 1. The molecule has 0 spiro atoms. The van der Waals surface area contributed by atoms with Crippen molar-refractivity contribution < 1.29 is 37.7 Å². The lowest BCUT2D eigenvalue weighted by molar-refractivity contribution is -0.297. The van der Waals surface area contributed by atoms with Gasteiger partial charge >= 0.3 is 6.18 Å². The molecule has 0 radical (unpaired) electrons. The fourth-order valence-corrected chi connectivity index (χ4v) is 2.57. The number of hydrogen-bond acceptors (Lipinski definition) is 6. The summed E-state index contributed by atoms with van der Waals surface area (Å²) in [6, 6.07) is 5.11. The first-order valence-electron chi connectivity index (χ1n) is 8.65. The largest absolute Gasteiger partial charge is 0.545 e. The van der Waals surface area contributed by atoms with Crippen molar-refractivity contribution in [1.29, 1.82) is 0 Å². The maximum Gasteiger partial charge on any atom is 0.417 e. The van der Waals surface area contributed by atoms with E-state index in [4.69, 9.17) is 26.2 Å². The molecule has 0 atom stereocenters. The molecule has 6 nitrogen and oxygen atoms in total. The number of carboxylic acids is 1. The predicted molar refractivity (Wildman–Crippen MR) is 101 cm³/mol. The number of benzene rings is 1. The summed E-state index contributed by atoms with van der Waals surface area (Å²) in [5.41, 5.74) is -1.50. The van der Waals surface area contributed by atoms with Gasteiger partial charge in [0.15, 0.2) is 0 Å². The molecule has 0 saturated heterocycles. The number of halogens is 4. The Bertz CT molecular complexity index is 945. The molecule has 2 rings (SSSR count). The monoisotopic (exact) mass is 444 g/mol. The Morgan fingerprint density at radius 3 is 2.57 bits per heavy atom. The Kier molecular flexibility index (Phi) is 7.33. The van der Waals surface area contributed by atoms with Gasteiger partial charge in [-0.3, -0.25) is 0 Å². The third-order valence-corrected chi connectivity index (χ3v) is 4.10. The molecule has 0 bridgehead atoms. The number of pyridine rings is 1. The van der Waals surface area contributed by atoms with Gasteiger partial charge in [-0.05, 0) is 44.2 Å². The highest BCUT2D eigenvalue weighted by Gasteiger charge is 2.32. The quantitative estimate of drug-likeness (QED) is 0.622. The fraction of sp³-hybridized carbons (Fsp3) is 0.300. The van der Waals surface area contributed by atoms with Gasteiger partial charge in [0.2, 0.25) is 5.88 Å². The smallest absolute Gasteiger partial charge is 0.417 e. The molecule has 162 valence electrons. The third kappa shape index (κ3) is 6.64. The Balaban J connectivity index is 2.42. The minimum atomic E-state index is -4.62. The molecule has 0 fully saturated rings. The van der Waals surface area contributed by atoms with Crippen molar-refractivity contribution in [2.24, 2.45) is 0 Å². The van der Waals surface area contributed by atoms with Crippen LogP contribution in [0.4, 0.5) is 13.2 Å². The van der Waals surface area contributed by atoms with E-state index in [1.165, 1.54) is 18.2 Å². The van der Waals surface area contributed by atoms with Gasteiger partial charge in [-0.25, -0.2) is 4.98 Å². The highest BCUT2D eigenvalue weighted by molar-refractivity contribution is 6.31. The van der Waals surface area contributed by atoms with Crippen molar-refractivity contribution in [3.05, 3.63) is 52.7 Å². The number of aromatic nitrogens is 1. The molecule has 0 amide bonds. The lowest BCUT2D eigenvalue weighted by Gasteiger charge is -2.26. The van der Waals surface area contributed by atoms with Crippen LogP contribution in [0.2, 0.25) is 5.02 Å². The van der Waals surface area contributed by atoms with Crippen molar-refractivity contribution in [3.63, 3.8) is 0 Å². The van der Waals surface area contributed by atoms with Crippen LogP contribution >= 0.6 is 11.6 Å². The maximum atomic E-state index is 12.8. The van der Waals surface area contributed by atoms with Crippen LogP contribution in [0.25, 0.3) is 6.08 Å². The van der Waals surface area contributed by atoms with Gasteiger partial charge in [0.05, 0.1) is 11.5 Å². The van der Waals surface area contributed by atoms with Gasteiger partial charge in [0, 0.05) is 30.9 Å². The Morgan fingerprint density at radius 1 is 1.30 bits per heavy atom. The van der Waals surface area contributed by atoms with Crippen LogP contribution in [0.15, 0.2) is 36.5 Å². The second kappa shape index (κ2) is 9.36. The van der Waals surface area contributed by atoms with Gasteiger partial charge < -0.3 is 24.5 Å². The van der Waals surface area contributed by atoms with Crippen molar-refractivity contribution in [2.45, 2.75) is 32.0 Å². The highest BCUT2D eigenvalue weighted by atomic mass is 35.5. The van der Waals surface area contributed by atoms with Gasteiger partial charge in [-0.2, -0.15) is 13.2 Å². The zero-order valence-electron chi connectivity index (χ0n) is 16.0. The first-order valence-corrected chi connectivity index (χ1v) is 9.02. The molecule has 1 aromatic carbocycles. The average molecular weight is 445 g/mol. The van der Waals surface area contributed by atoms with Crippen LogP contribution < -0.4 is 14.6 Å². The molecule has 0 unspecified atom stereocenters. The first kappa shape index (κ1) is 23.5. The number of rotatable bonds is 8. The molecule has 0 aliphatic carbocycles. The van der Waals surface area contributed by atoms with Crippen LogP contribution in [0.5, 0.6) is 17.4 Å². The summed E-state index contributed by atoms with van der Waals surface area (Å²) in [4.78, 5) is 14.3. The standard InChI is InChI=1S/C20H19ClF3NO5/c1-19(2,7-8-26)30-14-5-3-12(4-6-17(27)28)16(10-14)29-18-15(21)9-13(11-25-18)20(22,23)24/h3-6,9-11,26H,7-8H2,1-2H3,(H,27,28)/p-1/b6-4+. The number of aliphatic carboxylic acids is 1. The molecule has 0 saturated carbocycles. The molecule has 1 aromatic heterocycles. The van der Waals surface area contributed by atoms with Crippen molar-refractivity contribution >= 4 is 23.6 Å². The zero-order chi connectivity index (χ0) is 22.5.